The molecule has 1 saturated heterocycles. The van der Waals surface area contributed by atoms with Crippen molar-refractivity contribution in [3.8, 4) is 5.75 Å². The number of rotatable bonds is 5. The summed E-state index contributed by atoms with van der Waals surface area (Å²) in [4.78, 5) is 16.0. The average molecular weight is 429 g/mol. The summed E-state index contributed by atoms with van der Waals surface area (Å²) in [7, 11) is -4.01. The molecular weight excluding hydrogens is 411 g/mol. The number of pyridine rings is 1. The predicted molar refractivity (Wildman–Crippen MR) is 97.5 cm³/mol. The number of nitrogens with zero attached hydrogens (tertiary/aromatic N) is 2. The van der Waals surface area contributed by atoms with Gasteiger partial charge in [-0.25, -0.2) is 13.4 Å². The van der Waals surface area contributed by atoms with Crippen molar-refractivity contribution < 1.29 is 31.1 Å². The second-order valence-corrected chi connectivity index (χ2v) is 8.34. The molecular formula is C18H18F3N3O4S. The maximum Gasteiger partial charge on any atom is 0.573 e. The molecule has 1 aliphatic rings. The summed E-state index contributed by atoms with van der Waals surface area (Å²) in [6, 6.07) is 9.35. The number of aromatic nitrogens is 1. The molecule has 1 N–H and O–H groups in total. The minimum Gasteiger partial charge on any atom is -0.406 e. The third-order valence-electron chi connectivity index (χ3n) is 4.42. The fourth-order valence-electron chi connectivity index (χ4n) is 3.00. The molecule has 0 saturated carbocycles. The first kappa shape index (κ1) is 21.1. The number of hydrogen-bond donors (Lipinski definition) is 1. The number of benzene rings is 1. The van der Waals surface area contributed by atoms with Crippen molar-refractivity contribution in [3.63, 3.8) is 0 Å². The van der Waals surface area contributed by atoms with Crippen LogP contribution in [0.3, 0.4) is 0 Å². The SMILES string of the molecule is O=C(Nc1ccccn1)C1CCN(S(=O)(=O)c2cccc(OC(F)(F)F)c2)CC1. The number of anilines is 1. The highest BCUT2D eigenvalue weighted by atomic mass is 32.2. The maximum atomic E-state index is 12.8. The lowest BCUT2D eigenvalue weighted by Gasteiger charge is -2.30. The van der Waals surface area contributed by atoms with E-state index in [1.165, 1.54) is 12.1 Å². The Morgan fingerprint density at radius 3 is 2.48 bits per heavy atom. The standard InChI is InChI=1S/C18H18F3N3O4S/c19-18(20,21)28-14-4-3-5-15(12-14)29(26,27)24-10-7-13(8-11-24)17(25)23-16-6-1-2-9-22-16/h1-6,9,12-13H,7-8,10-11H2,(H,22,23,25). The van der Waals surface area contributed by atoms with Gasteiger partial charge in [0.05, 0.1) is 4.90 Å². The van der Waals surface area contributed by atoms with Crippen LogP contribution in [-0.4, -0.2) is 43.1 Å². The third-order valence-corrected chi connectivity index (χ3v) is 6.31. The number of piperidine rings is 1. The molecule has 7 nitrogen and oxygen atoms in total. The molecule has 0 unspecified atom stereocenters. The van der Waals surface area contributed by atoms with Crippen LogP contribution in [0.5, 0.6) is 5.75 Å². The Bertz CT molecular complexity index is 960. The van der Waals surface area contributed by atoms with Crippen LogP contribution in [0.25, 0.3) is 0 Å². The molecule has 0 atom stereocenters. The zero-order valence-corrected chi connectivity index (χ0v) is 15.9. The van der Waals surface area contributed by atoms with Crippen molar-refractivity contribution in [1.82, 2.24) is 9.29 Å². The smallest absolute Gasteiger partial charge is 0.406 e. The van der Waals surface area contributed by atoms with E-state index in [1.807, 2.05) is 0 Å². The van der Waals surface area contributed by atoms with Gasteiger partial charge >= 0.3 is 6.36 Å². The summed E-state index contributed by atoms with van der Waals surface area (Å²) in [5.74, 6) is -0.832. The van der Waals surface area contributed by atoms with Crippen LogP contribution in [0.4, 0.5) is 19.0 Å². The van der Waals surface area contributed by atoms with Gasteiger partial charge in [0.2, 0.25) is 15.9 Å². The van der Waals surface area contributed by atoms with Gasteiger partial charge in [-0.05, 0) is 37.1 Å². The van der Waals surface area contributed by atoms with Crippen molar-refractivity contribution in [2.24, 2.45) is 5.92 Å². The Labute approximate surface area is 165 Å². The summed E-state index contributed by atoms with van der Waals surface area (Å²) in [6.07, 6.45) is -2.80. The first-order chi connectivity index (χ1) is 13.6. The molecule has 1 aromatic heterocycles. The average Bonchev–Trinajstić information content (AvgIpc) is 2.68. The van der Waals surface area contributed by atoms with Gasteiger partial charge in [0, 0.05) is 31.3 Å². The lowest BCUT2D eigenvalue weighted by Crippen LogP contribution is -2.41. The topological polar surface area (TPSA) is 88.6 Å². The number of amides is 1. The number of alkyl halides is 3. The molecule has 2 aromatic rings. The number of hydrogen-bond acceptors (Lipinski definition) is 5. The number of ether oxygens (including phenoxy) is 1. The van der Waals surface area contributed by atoms with Gasteiger partial charge in [0.15, 0.2) is 0 Å². The monoisotopic (exact) mass is 429 g/mol. The molecule has 1 amide bonds. The molecule has 29 heavy (non-hydrogen) atoms. The molecule has 11 heteroatoms. The highest BCUT2D eigenvalue weighted by Crippen LogP contribution is 2.28. The molecule has 1 aliphatic heterocycles. The summed E-state index contributed by atoms with van der Waals surface area (Å²) < 4.78 is 67.6. The molecule has 2 heterocycles. The van der Waals surface area contributed by atoms with E-state index >= 15 is 0 Å². The molecule has 156 valence electrons. The van der Waals surface area contributed by atoms with Crippen molar-refractivity contribution in [2.45, 2.75) is 24.1 Å². The molecule has 3 rings (SSSR count). The van der Waals surface area contributed by atoms with Gasteiger partial charge in [0.25, 0.3) is 0 Å². The third kappa shape index (κ3) is 5.45. The predicted octanol–water partition coefficient (Wildman–Crippen LogP) is 3.02. The molecule has 0 radical (unpaired) electrons. The molecule has 1 fully saturated rings. The summed E-state index contributed by atoms with van der Waals surface area (Å²) in [5.41, 5.74) is 0. The number of carbonyl (C=O) groups is 1. The molecule has 0 bridgehead atoms. The quantitative estimate of drug-likeness (QED) is 0.789. The molecule has 0 spiro atoms. The zero-order valence-electron chi connectivity index (χ0n) is 15.1. The summed E-state index contributed by atoms with van der Waals surface area (Å²) in [5, 5.41) is 2.68. The van der Waals surface area contributed by atoms with Crippen molar-refractivity contribution in [3.05, 3.63) is 48.7 Å². The van der Waals surface area contributed by atoms with Crippen molar-refractivity contribution in [1.29, 1.82) is 0 Å². The second-order valence-electron chi connectivity index (χ2n) is 6.41. The van der Waals surface area contributed by atoms with Gasteiger partial charge in [-0.15, -0.1) is 13.2 Å². The Hall–Kier alpha value is -2.66. The number of nitrogens with one attached hydrogen (secondary N) is 1. The van der Waals surface area contributed by atoms with E-state index in [0.29, 0.717) is 5.82 Å². The van der Waals surface area contributed by atoms with E-state index in [2.05, 4.69) is 15.0 Å². The van der Waals surface area contributed by atoms with Crippen molar-refractivity contribution >= 4 is 21.7 Å². The summed E-state index contributed by atoms with van der Waals surface area (Å²) in [6.45, 7) is 0.153. The van der Waals surface area contributed by atoms with Crippen molar-refractivity contribution in [2.75, 3.05) is 18.4 Å². The van der Waals surface area contributed by atoms with E-state index < -0.39 is 22.1 Å². The summed E-state index contributed by atoms with van der Waals surface area (Å²) >= 11 is 0. The molecule has 0 aliphatic carbocycles. The Kier molecular flexibility index (Phi) is 6.08. The van der Waals surface area contributed by atoms with Crippen LogP contribution in [0.2, 0.25) is 0 Å². The fraction of sp³-hybridized carbons (Fsp3) is 0.333. The minimum atomic E-state index is -4.91. The van der Waals surface area contributed by atoms with Gasteiger partial charge in [-0.3, -0.25) is 4.79 Å². The van der Waals surface area contributed by atoms with Crippen LogP contribution in [0.15, 0.2) is 53.6 Å². The normalized spacial score (nSPS) is 16.4. The first-order valence-corrected chi connectivity index (χ1v) is 10.2. The van der Waals surface area contributed by atoms with E-state index in [1.54, 1.807) is 24.4 Å². The van der Waals surface area contributed by atoms with E-state index in [9.17, 15) is 26.4 Å². The highest BCUT2D eigenvalue weighted by Gasteiger charge is 2.34. The Morgan fingerprint density at radius 2 is 1.86 bits per heavy atom. The maximum absolute atomic E-state index is 12.8. The first-order valence-electron chi connectivity index (χ1n) is 8.73. The van der Waals surface area contributed by atoms with Crippen LogP contribution >= 0.6 is 0 Å². The van der Waals surface area contributed by atoms with Gasteiger partial charge in [0.1, 0.15) is 11.6 Å². The molecule has 1 aromatic carbocycles. The largest absolute Gasteiger partial charge is 0.573 e. The van der Waals surface area contributed by atoms with Crippen LogP contribution in [0, 0.1) is 5.92 Å². The van der Waals surface area contributed by atoms with E-state index in [0.717, 1.165) is 16.4 Å². The number of sulfonamides is 1. The minimum absolute atomic E-state index is 0.0764. The van der Waals surface area contributed by atoms with Crippen LogP contribution < -0.4 is 10.1 Å². The van der Waals surface area contributed by atoms with E-state index in [4.69, 9.17) is 0 Å². The van der Waals surface area contributed by atoms with Gasteiger partial charge in [-0.1, -0.05) is 12.1 Å². The lowest BCUT2D eigenvalue weighted by atomic mass is 9.97. The number of carbonyl (C=O) groups excluding carboxylic acids is 1. The van der Waals surface area contributed by atoms with Crippen LogP contribution in [0.1, 0.15) is 12.8 Å². The highest BCUT2D eigenvalue weighted by molar-refractivity contribution is 7.89. The lowest BCUT2D eigenvalue weighted by molar-refractivity contribution is -0.274. The van der Waals surface area contributed by atoms with Gasteiger partial charge < -0.3 is 10.1 Å². The fourth-order valence-corrected chi connectivity index (χ4v) is 4.51. The number of halogens is 3. The van der Waals surface area contributed by atoms with Crippen LogP contribution in [-0.2, 0) is 14.8 Å². The zero-order chi connectivity index (χ0) is 21.1. The Morgan fingerprint density at radius 1 is 1.14 bits per heavy atom. The van der Waals surface area contributed by atoms with E-state index in [-0.39, 0.29) is 42.7 Å². The second kappa shape index (κ2) is 8.37. The van der Waals surface area contributed by atoms with Gasteiger partial charge in [-0.2, -0.15) is 4.31 Å². The Balaban J connectivity index is 1.64.